The van der Waals surface area contributed by atoms with Crippen LogP contribution >= 0.6 is 0 Å². The van der Waals surface area contributed by atoms with Crippen molar-refractivity contribution in [1.29, 1.82) is 0 Å². The zero-order chi connectivity index (χ0) is 16.1. The topological polar surface area (TPSA) is 3.24 Å². The Morgan fingerprint density at radius 1 is 1.00 bits per heavy atom. The van der Waals surface area contributed by atoms with E-state index in [1.165, 1.54) is 27.8 Å². The summed E-state index contributed by atoms with van der Waals surface area (Å²) in [4.78, 5) is 0. The number of hydrogen-bond donors (Lipinski definition) is 0. The zero-order valence-corrected chi connectivity index (χ0v) is 16.2. The van der Waals surface area contributed by atoms with Crippen LogP contribution in [0.2, 0.25) is 13.1 Å². The molecular formula is C19H30NSi. The van der Waals surface area contributed by atoms with Gasteiger partial charge in [-0.1, -0.05) is 30.8 Å². The molecule has 1 radical (unpaired) electrons. The van der Waals surface area contributed by atoms with Gasteiger partial charge < -0.3 is 4.57 Å². The fourth-order valence-electron chi connectivity index (χ4n) is 4.01. The molecule has 21 heavy (non-hydrogen) atoms. The van der Waals surface area contributed by atoms with Gasteiger partial charge >= 0.3 is 0 Å². The molecule has 0 saturated carbocycles. The second kappa shape index (κ2) is 5.40. The average Bonchev–Trinajstić information content (AvgIpc) is 2.52. The maximum absolute atomic E-state index is 2.77. The smallest absolute Gasteiger partial charge is 0.131 e. The van der Waals surface area contributed by atoms with E-state index in [-0.39, 0.29) is 5.54 Å². The Labute approximate surface area is 132 Å². The summed E-state index contributed by atoms with van der Waals surface area (Å²) < 4.78 is 2.77. The first-order valence-electron chi connectivity index (χ1n) is 7.94. The third kappa shape index (κ3) is 2.76. The number of nitrogens with zero attached hydrogens (tertiary/aromatic N) is 1. The van der Waals surface area contributed by atoms with E-state index in [2.05, 4.69) is 78.3 Å². The average molecular weight is 301 g/mol. The number of hydrogen-bond acceptors (Lipinski definition) is 1. The molecule has 0 fully saturated rings. The SMILES string of the molecule is CC1=C(C)C(N([Si](C)C)C(C)(C)C)c2cc(C)cc(C)c21. The van der Waals surface area contributed by atoms with Crippen molar-refractivity contribution in [3.63, 3.8) is 0 Å². The van der Waals surface area contributed by atoms with Gasteiger partial charge in [0.2, 0.25) is 0 Å². The lowest BCUT2D eigenvalue weighted by atomic mass is 9.95. The number of allylic oxidation sites excluding steroid dienone is 1. The summed E-state index contributed by atoms with van der Waals surface area (Å²) in [5.74, 6) is 0. The molecule has 1 aromatic rings. The summed E-state index contributed by atoms with van der Waals surface area (Å²) in [5.41, 5.74) is 9.07. The van der Waals surface area contributed by atoms with Crippen molar-refractivity contribution in [3.8, 4) is 0 Å². The molecule has 0 N–H and O–H groups in total. The summed E-state index contributed by atoms with van der Waals surface area (Å²) in [5, 5.41) is 0. The highest BCUT2D eigenvalue weighted by Gasteiger charge is 2.38. The maximum atomic E-state index is 2.77. The number of fused-ring (bicyclic) bond motifs is 1. The van der Waals surface area contributed by atoms with Crippen LogP contribution in [0.3, 0.4) is 0 Å². The first kappa shape index (κ1) is 16.5. The highest BCUT2D eigenvalue weighted by atomic mass is 28.3. The van der Waals surface area contributed by atoms with E-state index in [0.717, 1.165) is 0 Å². The van der Waals surface area contributed by atoms with Gasteiger partial charge in [0.15, 0.2) is 0 Å². The van der Waals surface area contributed by atoms with Crippen molar-refractivity contribution in [2.24, 2.45) is 0 Å². The maximum Gasteiger partial charge on any atom is 0.131 e. The lowest BCUT2D eigenvalue weighted by Gasteiger charge is -2.44. The number of benzene rings is 1. The molecule has 0 aliphatic heterocycles. The van der Waals surface area contributed by atoms with Gasteiger partial charge in [-0.3, -0.25) is 0 Å². The molecule has 0 amide bonds. The highest BCUT2D eigenvalue weighted by molar-refractivity contribution is 6.53. The van der Waals surface area contributed by atoms with Gasteiger partial charge in [0, 0.05) is 5.54 Å². The largest absolute Gasteiger partial charge is 0.310 e. The number of rotatable bonds is 2. The summed E-state index contributed by atoms with van der Waals surface area (Å²) in [7, 11) is -0.537. The molecule has 2 heteroatoms. The van der Waals surface area contributed by atoms with Crippen molar-refractivity contribution in [2.75, 3.05) is 0 Å². The molecule has 0 spiro atoms. The molecular weight excluding hydrogens is 270 g/mol. The van der Waals surface area contributed by atoms with Crippen LogP contribution in [0, 0.1) is 13.8 Å². The first-order valence-corrected chi connectivity index (χ1v) is 10.4. The van der Waals surface area contributed by atoms with Crippen LogP contribution in [0.5, 0.6) is 0 Å². The van der Waals surface area contributed by atoms with Crippen molar-refractivity contribution in [1.82, 2.24) is 4.57 Å². The fraction of sp³-hybridized carbons (Fsp3) is 0.579. The second-order valence-electron chi connectivity index (χ2n) is 7.74. The summed E-state index contributed by atoms with van der Waals surface area (Å²) in [6, 6.07) is 5.20. The fourth-order valence-corrected chi connectivity index (χ4v) is 6.20. The van der Waals surface area contributed by atoms with E-state index in [4.69, 9.17) is 0 Å². The molecule has 0 bridgehead atoms. The van der Waals surface area contributed by atoms with Crippen LogP contribution < -0.4 is 0 Å². The third-order valence-corrected chi connectivity index (χ3v) is 6.54. The molecule has 1 aliphatic rings. The van der Waals surface area contributed by atoms with Crippen molar-refractivity contribution in [3.05, 3.63) is 40.0 Å². The Balaban J connectivity index is 2.68. The Bertz CT molecular complexity index is 590. The minimum Gasteiger partial charge on any atom is -0.310 e. The van der Waals surface area contributed by atoms with E-state index < -0.39 is 8.96 Å². The third-order valence-electron chi connectivity index (χ3n) is 4.64. The van der Waals surface area contributed by atoms with Gasteiger partial charge in [-0.25, -0.2) is 0 Å². The lowest BCUT2D eigenvalue weighted by molar-refractivity contribution is 0.209. The molecule has 1 aromatic carbocycles. The second-order valence-corrected chi connectivity index (χ2v) is 10.1. The van der Waals surface area contributed by atoms with Gasteiger partial charge in [-0.05, 0) is 76.3 Å². The van der Waals surface area contributed by atoms with Gasteiger partial charge in [-0.15, -0.1) is 0 Å². The van der Waals surface area contributed by atoms with Crippen molar-refractivity contribution in [2.45, 2.75) is 73.1 Å². The van der Waals surface area contributed by atoms with Gasteiger partial charge in [0.25, 0.3) is 0 Å². The molecule has 0 aromatic heterocycles. The van der Waals surface area contributed by atoms with E-state index >= 15 is 0 Å². The van der Waals surface area contributed by atoms with Crippen LogP contribution in [0.4, 0.5) is 0 Å². The summed E-state index contributed by atoms with van der Waals surface area (Å²) in [6.07, 6.45) is 0. The van der Waals surface area contributed by atoms with Crippen LogP contribution in [0.1, 0.15) is 62.9 Å². The van der Waals surface area contributed by atoms with Gasteiger partial charge in [0.05, 0.1) is 6.04 Å². The van der Waals surface area contributed by atoms with Gasteiger partial charge in [-0.2, -0.15) is 0 Å². The summed E-state index contributed by atoms with van der Waals surface area (Å²) >= 11 is 0. The van der Waals surface area contributed by atoms with Crippen LogP contribution in [0.25, 0.3) is 5.57 Å². The monoisotopic (exact) mass is 300 g/mol. The minimum absolute atomic E-state index is 0.198. The molecule has 0 saturated heterocycles. The molecule has 1 atom stereocenters. The molecule has 1 aliphatic carbocycles. The summed E-state index contributed by atoms with van der Waals surface area (Å²) in [6.45, 7) is 21.0. The molecule has 1 unspecified atom stereocenters. The number of aryl methyl sites for hydroxylation is 2. The van der Waals surface area contributed by atoms with Gasteiger partial charge in [0.1, 0.15) is 8.96 Å². The van der Waals surface area contributed by atoms with E-state index in [0.29, 0.717) is 6.04 Å². The van der Waals surface area contributed by atoms with E-state index in [9.17, 15) is 0 Å². The highest BCUT2D eigenvalue weighted by Crippen LogP contribution is 2.47. The minimum atomic E-state index is -0.537. The van der Waals surface area contributed by atoms with Crippen LogP contribution in [-0.2, 0) is 0 Å². The molecule has 2 rings (SSSR count). The van der Waals surface area contributed by atoms with E-state index in [1.807, 2.05) is 0 Å². The standard InChI is InChI=1S/C19H30NSi/c1-12-10-13(2)17-14(3)15(4)18(16(17)11-12)20(21(8)9)19(5,6)7/h10-11,18H,1-9H3. The Hall–Kier alpha value is -0.863. The Kier molecular flexibility index (Phi) is 4.25. The quantitative estimate of drug-likeness (QED) is 0.652. The van der Waals surface area contributed by atoms with Crippen LogP contribution in [0.15, 0.2) is 17.7 Å². The zero-order valence-electron chi connectivity index (χ0n) is 15.2. The normalized spacial score (nSPS) is 18.9. The Morgan fingerprint density at radius 2 is 1.57 bits per heavy atom. The first-order chi connectivity index (χ1) is 9.55. The van der Waals surface area contributed by atoms with E-state index in [1.54, 1.807) is 5.57 Å². The Morgan fingerprint density at radius 3 is 2.05 bits per heavy atom. The van der Waals surface area contributed by atoms with Crippen LogP contribution in [-0.4, -0.2) is 19.1 Å². The molecule has 115 valence electrons. The lowest BCUT2D eigenvalue weighted by Crippen LogP contribution is -2.50. The van der Waals surface area contributed by atoms with Crippen molar-refractivity contribution < 1.29 is 0 Å². The molecule has 0 heterocycles. The molecule has 1 nitrogen and oxygen atoms in total. The predicted octanol–water partition coefficient (Wildman–Crippen LogP) is 5.50. The predicted molar refractivity (Wildman–Crippen MR) is 96.0 cm³/mol. The van der Waals surface area contributed by atoms with Crippen molar-refractivity contribution >= 4 is 14.5 Å².